The van der Waals surface area contributed by atoms with Crippen LogP contribution in [0.1, 0.15) is 20.7 Å². The van der Waals surface area contributed by atoms with Crippen LogP contribution in [0.15, 0.2) is 0 Å². The SMILES string of the molecule is O=C1NC(=O)c2c(Cl)c(O)c(O)c(Cl)c21. The largest absolute Gasteiger partial charge is 0.503 e. The third kappa shape index (κ3) is 1.17. The van der Waals surface area contributed by atoms with Crippen molar-refractivity contribution in [1.29, 1.82) is 0 Å². The summed E-state index contributed by atoms with van der Waals surface area (Å²) >= 11 is 11.2. The van der Waals surface area contributed by atoms with Gasteiger partial charge in [-0.1, -0.05) is 23.2 Å². The molecule has 1 heterocycles. The second kappa shape index (κ2) is 3.01. The Labute approximate surface area is 93.2 Å². The zero-order valence-electron chi connectivity index (χ0n) is 6.97. The molecule has 2 amide bonds. The van der Waals surface area contributed by atoms with E-state index in [4.69, 9.17) is 23.2 Å². The third-order valence-corrected chi connectivity index (χ3v) is 2.75. The lowest BCUT2D eigenvalue weighted by Crippen LogP contribution is -2.20. The molecule has 0 saturated heterocycles. The monoisotopic (exact) mass is 247 g/mol. The van der Waals surface area contributed by atoms with E-state index < -0.39 is 33.4 Å². The van der Waals surface area contributed by atoms with E-state index in [0.29, 0.717) is 0 Å². The molecule has 0 aliphatic carbocycles. The first-order valence-electron chi connectivity index (χ1n) is 3.73. The van der Waals surface area contributed by atoms with E-state index in [1.54, 1.807) is 0 Å². The Morgan fingerprint density at radius 1 is 0.867 bits per heavy atom. The van der Waals surface area contributed by atoms with Gasteiger partial charge in [0.1, 0.15) is 0 Å². The van der Waals surface area contributed by atoms with E-state index in [1.807, 2.05) is 5.32 Å². The Hall–Kier alpha value is -1.46. The van der Waals surface area contributed by atoms with Crippen LogP contribution >= 0.6 is 23.2 Å². The van der Waals surface area contributed by atoms with Gasteiger partial charge in [0.2, 0.25) is 0 Å². The minimum atomic E-state index is -0.753. The Kier molecular flexibility index (Phi) is 2.02. The van der Waals surface area contributed by atoms with E-state index in [1.165, 1.54) is 0 Å². The molecule has 2 rings (SSSR count). The van der Waals surface area contributed by atoms with E-state index in [0.717, 1.165) is 0 Å². The van der Waals surface area contributed by atoms with E-state index in [9.17, 15) is 19.8 Å². The second-order valence-electron chi connectivity index (χ2n) is 2.86. The summed E-state index contributed by atoms with van der Waals surface area (Å²) < 4.78 is 0. The van der Waals surface area contributed by atoms with Gasteiger partial charge in [-0.15, -0.1) is 0 Å². The molecule has 0 atom stereocenters. The summed E-state index contributed by atoms with van der Waals surface area (Å²) in [7, 11) is 0. The molecule has 0 spiro atoms. The molecule has 1 aromatic rings. The molecule has 1 aliphatic heterocycles. The molecule has 1 aromatic carbocycles. The van der Waals surface area contributed by atoms with Gasteiger partial charge >= 0.3 is 0 Å². The van der Waals surface area contributed by atoms with Crippen molar-refractivity contribution >= 4 is 35.0 Å². The van der Waals surface area contributed by atoms with Gasteiger partial charge in [0.15, 0.2) is 11.5 Å². The number of carbonyl (C=O) groups is 2. The van der Waals surface area contributed by atoms with E-state index >= 15 is 0 Å². The minimum absolute atomic E-state index is 0.220. The highest BCUT2D eigenvalue weighted by atomic mass is 35.5. The van der Waals surface area contributed by atoms with Crippen molar-refractivity contribution in [1.82, 2.24) is 5.32 Å². The fourth-order valence-electron chi connectivity index (χ4n) is 1.32. The summed E-state index contributed by atoms with van der Waals surface area (Å²) in [6.45, 7) is 0. The first kappa shape index (κ1) is 10.1. The predicted molar refractivity (Wildman–Crippen MR) is 51.6 cm³/mol. The maximum atomic E-state index is 11.2. The predicted octanol–water partition coefficient (Wildman–Crippen LogP) is 1.29. The number of nitrogens with one attached hydrogen (secondary N) is 1. The van der Waals surface area contributed by atoms with E-state index in [-0.39, 0.29) is 11.1 Å². The number of rotatable bonds is 0. The highest BCUT2D eigenvalue weighted by Crippen LogP contribution is 2.45. The number of phenolic OH excluding ortho intramolecular Hbond substituents is 2. The van der Waals surface area contributed by atoms with Crippen molar-refractivity contribution in [3.63, 3.8) is 0 Å². The lowest BCUT2D eigenvalue weighted by Gasteiger charge is -2.06. The van der Waals surface area contributed by atoms with Gasteiger partial charge in [-0.3, -0.25) is 14.9 Å². The second-order valence-corrected chi connectivity index (χ2v) is 3.61. The molecule has 15 heavy (non-hydrogen) atoms. The van der Waals surface area contributed by atoms with Gasteiger partial charge in [-0.05, 0) is 0 Å². The maximum absolute atomic E-state index is 11.2. The summed E-state index contributed by atoms with van der Waals surface area (Å²) in [6.07, 6.45) is 0. The molecule has 0 bridgehead atoms. The molecular weight excluding hydrogens is 245 g/mol. The quantitative estimate of drug-likeness (QED) is 0.476. The fourth-order valence-corrected chi connectivity index (χ4v) is 1.86. The Bertz CT molecular complexity index is 467. The molecule has 0 radical (unpaired) electrons. The zero-order valence-corrected chi connectivity index (χ0v) is 8.48. The topological polar surface area (TPSA) is 86.6 Å². The van der Waals surface area contributed by atoms with Crippen LogP contribution in [0, 0.1) is 0 Å². The molecule has 7 heteroatoms. The van der Waals surface area contributed by atoms with Crippen LogP contribution < -0.4 is 5.32 Å². The van der Waals surface area contributed by atoms with Gasteiger partial charge in [0.05, 0.1) is 21.2 Å². The average molecular weight is 248 g/mol. The van der Waals surface area contributed by atoms with Crippen LogP contribution in [0.3, 0.4) is 0 Å². The van der Waals surface area contributed by atoms with Crippen LogP contribution in [0.2, 0.25) is 10.0 Å². The average Bonchev–Trinajstić information content (AvgIpc) is 2.47. The van der Waals surface area contributed by atoms with Gasteiger partial charge < -0.3 is 10.2 Å². The smallest absolute Gasteiger partial charge is 0.260 e. The standard InChI is InChI=1S/C8H3Cl2NO4/c9-3-1-2(8(15)11-7(1)14)4(10)6(13)5(3)12/h12-13H,(H,11,14,15). The normalized spacial score (nSPS) is 14.0. The van der Waals surface area contributed by atoms with Crippen LogP contribution in [0.5, 0.6) is 11.5 Å². The van der Waals surface area contributed by atoms with Gasteiger partial charge in [-0.2, -0.15) is 0 Å². The van der Waals surface area contributed by atoms with Crippen molar-refractivity contribution in [2.24, 2.45) is 0 Å². The molecule has 78 valence electrons. The number of hydrogen-bond donors (Lipinski definition) is 3. The number of phenols is 2. The first-order valence-corrected chi connectivity index (χ1v) is 4.49. The van der Waals surface area contributed by atoms with Crippen molar-refractivity contribution in [2.45, 2.75) is 0 Å². The highest BCUT2D eigenvalue weighted by Gasteiger charge is 2.35. The Morgan fingerprint density at radius 3 is 1.53 bits per heavy atom. The first-order chi connectivity index (χ1) is 6.95. The lowest BCUT2D eigenvalue weighted by atomic mass is 10.1. The molecule has 0 saturated carbocycles. The number of benzene rings is 1. The summed E-state index contributed by atoms with van der Waals surface area (Å²) in [5.74, 6) is -2.94. The Morgan fingerprint density at radius 2 is 1.20 bits per heavy atom. The summed E-state index contributed by atoms with van der Waals surface area (Å²) in [5.41, 5.74) is -0.441. The van der Waals surface area contributed by atoms with Crippen molar-refractivity contribution < 1.29 is 19.8 Å². The Balaban J connectivity index is 2.92. The summed E-state index contributed by atoms with van der Waals surface area (Å²) in [4.78, 5) is 22.5. The van der Waals surface area contributed by atoms with Crippen LogP contribution in [0.4, 0.5) is 0 Å². The van der Waals surface area contributed by atoms with Crippen molar-refractivity contribution in [3.05, 3.63) is 21.2 Å². The molecule has 3 N–H and O–H groups in total. The van der Waals surface area contributed by atoms with Gasteiger partial charge in [0, 0.05) is 0 Å². The van der Waals surface area contributed by atoms with Gasteiger partial charge in [-0.25, -0.2) is 0 Å². The van der Waals surface area contributed by atoms with Crippen LogP contribution in [-0.2, 0) is 0 Å². The number of amides is 2. The number of fused-ring (bicyclic) bond motifs is 1. The van der Waals surface area contributed by atoms with Gasteiger partial charge in [0.25, 0.3) is 11.8 Å². The zero-order chi connectivity index (χ0) is 11.3. The van der Waals surface area contributed by atoms with Crippen LogP contribution in [0.25, 0.3) is 0 Å². The van der Waals surface area contributed by atoms with Crippen LogP contribution in [-0.4, -0.2) is 22.0 Å². The molecule has 5 nitrogen and oxygen atoms in total. The highest BCUT2D eigenvalue weighted by molar-refractivity contribution is 6.43. The number of imide groups is 1. The lowest BCUT2D eigenvalue weighted by molar-refractivity contribution is 0.0879. The molecule has 0 fully saturated rings. The fraction of sp³-hybridized carbons (Fsp3) is 0. The number of aromatic hydroxyl groups is 2. The van der Waals surface area contributed by atoms with Crippen molar-refractivity contribution in [2.75, 3.05) is 0 Å². The summed E-state index contributed by atoms with van der Waals surface area (Å²) in [6, 6.07) is 0. The molecule has 0 aromatic heterocycles. The molecular formula is C8H3Cl2NO4. The van der Waals surface area contributed by atoms with E-state index in [2.05, 4.69) is 0 Å². The van der Waals surface area contributed by atoms with Crippen molar-refractivity contribution in [3.8, 4) is 11.5 Å². The molecule has 0 unspecified atom stereocenters. The summed E-state index contributed by atoms with van der Waals surface area (Å²) in [5, 5.41) is 19.8. The maximum Gasteiger partial charge on any atom is 0.260 e. The minimum Gasteiger partial charge on any atom is -0.503 e. The number of carbonyl (C=O) groups excluding carboxylic acids is 2. The third-order valence-electron chi connectivity index (χ3n) is 2.01. The molecule has 1 aliphatic rings. The number of halogens is 2. The number of hydrogen-bond acceptors (Lipinski definition) is 4.